The van der Waals surface area contributed by atoms with E-state index in [1.54, 1.807) is 0 Å². The van der Waals surface area contributed by atoms with E-state index < -0.39 is 0 Å². The van der Waals surface area contributed by atoms with Crippen LogP contribution in [0.3, 0.4) is 0 Å². The third-order valence-corrected chi connectivity index (χ3v) is 6.89. The van der Waals surface area contributed by atoms with Gasteiger partial charge in [-0.15, -0.1) is 0 Å². The molecule has 0 fully saturated rings. The Bertz CT molecular complexity index is 218. The molecule has 0 amide bonds. The third-order valence-electron chi connectivity index (χ3n) is 5.77. The van der Waals surface area contributed by atoms with Crippen molar-refractivity contribution >= 4 is 31.9 Å². The second-order valence-corrected chi connectivity index (χ2v) is 10.1. The van der Waals surface area contributed by atoms with Gasteiger partial charge in [0.1, 0.15) is 0 Å². The van der Waals surface area contributed by atoms with Crippen molar-refractivity contribution in [1.82, 2.24) is 0 Å². The molecule has 0 aromatic heterocycles. The van der Waals surface area contributed by atoms with Gasteiger partial charge in [0.15, 0.2) is 0 Å². The van der Waals surface area contributed by atoms with Crippen LogP contribution in [0.15, 0.2) is 0 Å². The highest BCUT2D eigenvalue weighted by molar-refractivity contribution is 9.09. The first kappa shape index (κ1) is 28.0. The number of rotatable bonds is 24. The Labute approximate surface area is 189 Å². The highest BCUT2D eigenvalue weighted by Gasteiger charge is 1.96. The van der Waals surface area contributed by atoms with Gasteiger partial charge in [0.05, 0.1) is 0 Å². The fourth-order valence-corrected chi connectivity index (χ4v) is 4.69. The van der Waals surface area contributed by atoms with E-state index >= 15 is 0 Å². The second-order valence-electron chi connectivity index (χ2n) is 8.51. The number of hydrogen-bond donors (Lipinski definition) is 0. The number of hydrogen-bond acceptors (Lipinski definition) is 0. The molecule has 0 aromatic rings. The maximum absolute atomic E-state index is 3.51. The van der Waals surface area contributed by atoms with Crippen molar-refractivity contribution in [1.29, 1.82) is 0 Å². The Hall–Kier alpha value is 0.960. The van der Waals surface area contributed by atoms with Crippen LogP contribution >= 0.6 is 31.9 Å². The van der Waals surface area contributed by atoms with Crippen molar-refractivity contribution in [3.8, 4) is 0 Å². The molecule has 2 heteroatoms. The van der Waals surface area contributed by atoms with Crippen LogP contribution in [0.5, 0.6) is 0 Å². The van der Waals surface area contributed by atoms with Gasteiger partial charge in [-0.2, -0.15) is 0 Å². The zero-order chi connectivity index (χ0) is 19.7. The molecule has 0 atom stereocenters. The van der Waals surface area contributed by atoms with Crippen LogP contribution in [-0.4, -0.2) is 10.7 Å². The highest BCUT2D eigenvalue weighted by Crippen LogP contribution is 2.15. The molecule has 0 unspecified atom stereocenters. The van der Waals surface area contributed by atoms with Crippen LogP contribution in [0.1, 0.15) is 148 Å². The van der Waals surface area contributed by atoms with Crippen LogP contribution in [0, 0.1) is 0 Å². The fraction of sp³-hybridized carbons (Fsp3) is 1.00. The first-order valence-electron chi connectivity index (χ1n) is 12.5. The minimum absolute atomic E-state index is 1.19. The average molecular weight is 510 g/mol. The Morgan fingerprint density at radius 2 is 0.296 bits per heavy atom. The monoisotopic (exact) mass is 508 g/mol. The molecule has 0 bridgehead atoms. The lowest BCUT2D eigenvalue weighted by Crippen LogP contribution is -1.84. The molecule has 0 aliphatic heterocycles. The van der Waals surface area contributed by atoms with E-state index in [0.29, 0.717) is 0 Å². The number of alkyl halides is 2. The lowest BCUT2D eigenvalue weighted by Gasteiger charge is -2.04. The number of halogens is 2. The van der Waals surface area contributed by atoms with Crippen LogP contribution in [0.2, 0.25) is 0 Å². The summed E-state index contributed by atoms with van der Waals surface area (Å²) in [6, 6.07) is 0. The average Bonchev–Trinajstić information content (AvgIpc) is 2.68. The second kappa shape index (κ2) is 27.0. The summed E-state index contributed by atoms with van der Waals surface area (Å²) in [5.41, 5.74) is 0. The van der Waals surface area contributed by atoms with Crippen molar-refractivity contribution in [3.63, 3.8) is 0 Å². The van der Waals surface area contributed by atoms with Gasteiger partial charge < -0.3 is 0 Å². The van der Waals surface area contributed by atoms with Gasteiger partial charge in [-0.05, 0) is 12.8 Å². The summed E-state index contributed by atoms with van der Waals surface area (Å²) in [6.07, 6.45) is 33.6. The molecule has 0 saturated heterocycles. The zero-order valence-corrected chi connectivity index (χ0v) is 21.6. The fourth-order valence-electron chi connectivity index (χ4n) is 3.90. The topological polar surface area (TPSA) is 0 Å². The Kier molecular flexibility index (Phi) is 27.9. The molecule has 0 aliphatic rings. The minimum atomic E-state index is 1.19. The summed E-state index contributed by atoms with van der Waals surface area (Å²) in [5.74, 6) is 0. The molecule has 0 spiro atoms. The lowest BCUT2D eigenvalue weighted by atomic mass is 10.0. The molecule has 0 radical (unpaired) electrons. The largest absolute Gasteiger partial charge is 0.0928 e. The first-order valence-corrected chi connectivity index (χ1v) is 14.8. The molecular formula is C25H50Br2. The molecule has 0 heterocycles. The van der Waals surface area contributed by atoms with Crippen LogP contribution in [-0.2, 0) is 0 Å². The molecule has 0 aliphatic carbocycles. The number of unbranched alkanes of at least 4 members (excludes halogenated alkanes) is 22. The predicted molar refractivity (Wildman–Crippen MR) is 134 cm³/mol. The Morgan fingerprint density at radius 1 is 0.185 bits per heavy atom. The maximum atomic E-state index is 3.51. The van der Waals surface area contributed by atoms with Gasteiger partial charge in [0.25, 0.3) is 0 Å². The zero-order valence-electron chi connectivity index (χ0n) is 18.4. The van der Waals surface area contributed by atoms with E-state index in [9.17, 15) is 0 Å². The summed E-state index contributed by atoms with van der Waals surface area (Å²) in [5, 5.41) is 2.37. The van der Waals surface area contributed by atoms with Gasteiger partial charge in [-0.25, -0.2) is 0 Å². The Balaban J connectivity index is 2.95. The van der Waals surface area contributed by atoms with Crippen LogP contribution < -0.4 is 0 Å². The molecule has 0 N–H and O–H groups in total. The quantitative estimate of drug-likeness (QED) is 0.0895. The van der Waals surface area contributed by atoms with Crippen molar-refractivity contribution in [2.24, 2.45) is 0 Å². The van der Waals surface area contributed by atoms with E-state index in [4.69, 9.17) is 0 Å². The van der Waals surface area contributed by atoms with Crippen molar-refractivity contribution in [2.75, 3.05) is 10.7 Å². The van der Waals surface area contributed by atoms with E-state index in [-0.39, 0.29) is 0 Å². The summed E-state index contributed by atoms with van der Waals surface area (Å²) in [6.45, 7) is 0. The van der Waals surface area contributed by atoms with Gasteiger partial charge in [0.2, 0.25) is 0 Å². The first-order chi connectivity index (χ1) is 13.4. The van der Waals surface area contributed by atoms with Crippen molar-refractivity contribution < 1.29 is 0 Å². The van der Waals surface area contributed by atoms with Crippen LogP contribution in [0.4, 0.5) is 0 Å². The normalized spacial score (nSPS) is 11.3. The van der Waals surface area contributed by atoms with E-state index in [1.807, 2.05) is 0 Å². The van der Waals surface area contributed by atoms with Gasteiger partial charge in [-0.1, -0.05) is 167 Å². The Morgan fingerprint density at radius 3 is 0.407 bits per heavy atom. The summed E-state index contributed by atoms with van der Waals surface area (Å²) >= 11 is 7.02. The molecule has 164 valence electrons. The summed E-state index contributed by atoms with van der Waals surface area (Å²) in [4.78, 5) is 0. The van der Waals surface area contributed by atoms with E-state index in [1.165, 1.54) is 158 Å². The van der Waals surface area contributed by atoms with Gasteiger partial charge in [0, 0.05) is 10.7 Å². The SMILES string of the molecule is BrCCCCCCCCCCCCCCCCCCCCCCCCCBr. The molecule has 0 rings (SSSR count). The molecule has 0 aromatic carbocycles. The lowest BCUT2D eigenvalue weighted by molar-refractivity contribution is 0.519. The smallest absolute Gasteiger partial charge is 0.00313 e. The standard InChI is InChI=1S/C25H50Br2/c26-24-22-20-18-16-14-12-10-8-6-4-2-1-3-5-7-9-11-13-15-17-19-21-23-25-27/h1-25H2. The van der Waals surface area contributed by atoms with E-state index in [0.717, 1.165) is 0 Å². The van der Waals surface area contributed by atoms with Gasteiger partial charge >= 0.3 is 0 Å². The highest BCUT2D eigenvalue weighted by atomic mass is 79.9. The van der Waals surface area contributed by atoms with E-state index in [2.05, 4.69) is 31.9 Å². The summed E-state index contributed by atoms with van der Waals surface area (Å²) in [7, 11) is 0. The van der Waals surface area contributed by atoms with Crippen molar-refractivity contribution in [3.05, 3.63) is 0 Å². The molecule has 0 nitrogen and oxygen atoms in total. The van der Waals surface area contributed by atoms with Gasteiger partial charge in [-0.3, -0.25) is 0 Å². The predicted octanol–water partition coefficient (Wildman–Crippen LogP) is 10.7. The third kappa shape index (κ3) is 27.0. The molecule has 27 heavy (non-hydrogen) atoms. The van der Waals surface area contributed by atoms with Crippen molar-refractivity contribution in [2.45, 2.75) is 148 Å². The molecular weight excluding hydrogens is 460 g/mol. The van der Waals surface area contributed by atoms with Crippen LogP contribution in [0.25, 0.3) is 0 Å². The maximum Gasteiger partial charge on any atom is 0.00313 e. The summed E-state index contributed by atoms with van der Waals surface area (Å²) < 4.78 is 0. The minimum Gasteiger partial charge on any atom is -0.0928 e. The molecule has 0 saturated carbocycles.